The Morgan fingerprint density at radius 1 is 1.29 bits per heavy atom. The van der Waals surface area contributed by atoms with Crippen molar-refractivity contribution in [2.24, 2.45) is 11.8 Å². The van der Waals surface area contributed by atoms with Gasteiger partial charge in [0, 0.05) is 31.1 Å². The lowest BCUT2D eigenvalue weighted by Crippen LogP contribution is -2.46. The Bertz CT molecular complexity index is 1250. The lowest BCUT2D eigenvalue weighted by molar-refractivity contribution is -0.686. The highest BCUT2D eigenvalue weighted by Gasteiger charge is 2.36. The van der Waals surface area contributed by atoms with E-state index in [0.717, 1.165) is 19.3 Å². The second kappa shape index (κ2) is 9.14. The fourth-order valence-corrected chi connectivity index (χ4v) is 4.64. The van der Waals surface area contributed by atoms with Gasteiger partial charge < -0.3 is 20.4 Å². The van der Waals surface area contributed by atoms with E-state index in [4.69, 9.17) is 0 Å². The number of aryl methyl sites for hydroxylation is 1. The molecule has 10 nitrogen and oxygen atoms in total. The summed E-state index contributed by atoms with van der Waals surface area (Å²) in [5, 5.41) is 27.1. The van der Waals surface area contributed by atoms with Crippen LogP contribution < -0.4 is 15.4 Å². The average molecular weight is 487 g/mol. The van der Waals surface area contributed by atoms with Crippen molar-refractivity contribution in [2.75, 3.05) is 13.1 Å². The molecule has 10 heteroatoms. The van der Waals surface area contributed by atoms with Crippen LogP contribution in [0.2, 0.25) is 0 Å². The van der Waals surface area contributed by atoms with Crippen LogP contribution in [-0.2, 0) is 11.3 Å². The van der Waals surface area contributed by atoms with Gasteiger partial charge in [-0.25, -0.2) is 9.89 Å². The number of hydrogen-bond acceptors (Lipinski definition) is 5. The maximum atomic E-state index is 13.2. The Balaban J connectivity index is 1.73. The number of hydrogen-bond donors (Lipinski definition) is 4. The van der Waals surface area contributed by atoms with E-state index in [9.17, 15) is 24.6 Å². The standard InChI is InChI=1S/C25H35N5O5/c1-14(2)12-29-22-18(8-9-19(31)28-11-10-16(13-28)25(4,5)35)15(3)27-30(22)24(34)20(23(29)33)21(32)26-17-6-7-17/h8-9,14,16-17,35H,6-7,10-13H2,1-5H3,(H2,26,32,33,34)/p+1/b9-8+/t16-/m1/s1. The smallest absolute Gasteiger partial charge is 0.378 e. The molecular formula is C25H36N5O5+. The van der Waals surface area contributed by atoms with Crippen LogP contribution >= 0.6 is 0 Å². The van der Waals surface area contributed by atoms with E-state index in [1.807, 2.05) is 13.8 Å². The summed E-state index contributed by atoms with van der Waals surface area (Å²) in [7, 11) is 0. The molecule has 1 aliphatic carbocycles. The highest BCUT2D eigenvalue weighted by molar-refractivity contribution is 5.96. The van der Waals surface area contributed by atoms with E-state index in [2.05, 4.69) is 10.4 Å². The first-order valence-corrected chi connectivity index (χ1v) is 12.3. The number of amides is 2. The number of nitrogens with one attached hydrogen (secondary N) is 2. The van der Waals surface area contributed by atoms with Gasteiger partial charge in [0.2, 0.25) is 11.5 Å². The summed E-state index contributed by atoms with van der Waals surface area (Å²) in [6, 6.07) is 0.0389. The molecule has 4 N–H and O–H groups in total. The quantitative estimate of drug-likeness (QED) is 0.344. The number of aromatic amines is 1. The van der Waals surface area contributed by atoms with Crippen LogP contribution in [0.25, 0.3) is 11.7 Å². The fraction of sp³-hybridized carbons (Fsp3) is 0.600. The Hall–Kier alpha value is -3.14. The van der Waals surface area contributed by atoms with Crippen molar-refractivity contribution in [3.05, 3.63) is 33.3 Å². The van der Waals surface area contributed by atoms with Gasteiger partial charge >= 0.3 is 17.1 Å². The van der Waals surface area contributed by atoms with E-state index in [0.29, 0.717) is 36.5 Å². The molecule has 0 radical (unpaired) electrons. The maximum absolute atomic E-state index is 13.2. The number of nitrogens with zero attached hydrogens (tertiary/aromatic N) is 3. The number of carbonyl (C=O) groups is 2. The van der Waals surface area contributed by atoms with Crippen molar-refractivity contribution in [3.8, 4) is 5.88 Å². The molecule has 2 aromatic heterocycles. The third kappa shape index (κ3) is 4.98. The van der Waals surface area contributed by atoms with Crippen LogP contribution in [0.3, 0.4) is 0 Å². The molecule has 1 saturated carbocycles. The normalized spacial score (nSPS) is 18.8. The largest absolute Gasteiger partial charge is 0.477 e. The van der Waals surface area contributed by atoms with Crippen LogP contribution in [0, 0.1) is 18.8 Å². The van der Waals surface area contributed by atoms with Gasteiger partial charge in [-0.05, 0) is 52.0 Å². The van der Waals surface area contributed by atoms with Gasteiger partial charge in [0.25, 0.3) is 5.91 Å². The highest BCUT2D eigenvalue weighted by atomic mass is 16.3. The Morgan fingerprint density at radius 3 is 2.54 bits per heavy atom. The molecule has 2 fully saturated rings. The van der Waals surface area contributed by atoms with Gasteiger partial charge in [0.15, 0.2) is 0 Å². The summed E-state index contributed by atoms with van der Waals surface area (Å²) in [6.07, 6.45) is 5.55. The summed E-state index contributed by atoms with van der Waals surface area (Å²) < 4.78 is 2.82. The first kappa shape index (κ1) is 25.0. The third-order valence-corrected chi connectivity index (χ3v) is 6.87. The monoisotopic (exact) mass is 486 g/mol. The minimum Gasteiger partial charge on any atom is -0.477 e. The second-order valence-corrected chi connectivity index (χ2v) is 10.8. The van der Waals surface area contributed by atoms with E-state index in [1.54, 1.807) is 36.3 Å². The van der Waals surface area contributed by atoms with E-state index in [1.165, 1.54) is 10.6 Å². The highest BCUT2D eigenvalue weighted by Crippen LogP contribution is 2.27. The number of rotatable bonds is 7. The van der Waals surface area contributed by atoms with Crippen molar-refractivity contribution in [3.63, 3.8) is 0 Å². The van der Waals surface area contributed by atoms with Gasteiger partial charge in [0.1, 0.15) is 0 Å². The molecule has 0 unspecified atom stereocenters. The number of aliphatic hydroxyl groups is 1. The van der Waals surface area contributed by atoms with E-state index >= 15 is 0 Å². The summed E-state index contributed by atoms with van der Waals surface area (Å²) in [5.74, 6) is -1.02. The van der Waals surface area contributed by atoms with Crippen molar-refractivity contribution < 1.29 is 24.4 Å². The first-order valence-electron chi connectivity index (χ1n) is 12.3. The molecular weight excluding hydrogens is 450 g/mol. The lowest BCUT2D eigenvalue weighted by Gasteiger charge is -2.25. The molecule has 1 saturated heterocycles. The molecule has 2 aliphatic rings. The van der Waals surface area contributed by atoms with Crippen molar-refractivity contribution in [1.82, 2.24) is 19.8 Å². The minimum atomic E-state index is -0.850. The predicted octanol–water partition coefficient (Wildman–Crippen LogP) is 1.11. The van der Waals surface area contributed by atoms with Gasteiger partial charge in [-0.3, -0.25) is 9.59 Å². The molecule has 2 amide bonds. The third-order valence-electron chi connectivity index (χ3n) is 6.87. The topological polar surface area (TPSA) is 131 Å². The molecule has 4 rings (SSSR count). The van der Waals surface area contributed by atoms with Crippen molar-refractivity contribution >= 4 is 23.5 Å². The van der Waals surface area contributed by atoms with E-state index in [-0.39, 0.29) is 35.2 Å². The van der Waals surface area contributed by atoms with Gasteiger partial charge in [0.05, 0.1) is 23.4 Å². The van der Waals surface area contributed by atoms with Gasteiger partial charge in [-0.1, -0.05) is 18.4 Å². The van der Waals surface area contributed by atoms with E-state index < -0.39 is 17.1 Å². The first-order chi connectivity index (χ1) is 16.4. The number of likely N-dealkylation sites (tertiary alicyclic amines) is 1. The Morgan fingerprint density at radius 2 is 1.97 bits per heavy atom. The van der Waals surface area contributed by atoms with Crippen LogP contribution in [-0.4, -0.2) is 61.3 Å². The zero-order valence-electron chi connectivity index (χ0n) is 21.1. The number of fused-ring (bicyclic) bond motifs is 1. The number of carbonyl (C=O) groups excluding carboxylic acids is 2. The van der Waals surface area contributed by atoms with Crippen LogP contribution in [0.15, 0.2) is 10.9 Å². The lowest BCUT2D eigenvalue weighted by atomic mass is 9.90. The molecule has 0 spiro atoms. The molecule has 0 aromatic carbocycles. The molecule has 1 aliphatic heterocycles. The van der Waals surface area contributed by atoms with Crippen LogP contribution in [0.5, 0.6) is 5.88 Å². The fourth-order valence-electron chi connectivity index (χ4n) is 4.64. The molecule has 3 heterocycles. The summed E-state index contributed by atoms with van der Waals surface area (Å²) >= 11 is 0. The number of aromatic hydroxyl groups is 1. The zero-order valence-corrected chi connectivity index (χ0v) is 21.1. The van der Waals surface area contributed by atoms with Crippen LogP contribution in [0.1, 0.15) is 68.6 Å². The SMILES string of the molecule is Cc1[nH]n2c(=O)c(C(=O)NC3CC3)c(O)[n+](CC(C)C)c2c1/C=C/C(=O)N1CC[C@@H](C(C)(C)O)C1. The van der Waals surface area contributed by atoms with Crippen molar-refractivity contribution in [1.29, 1.82) is 0 Å². The maximum Gasteiger partial charge on any atom is 0.378 e. The second-order valence-electron chi connectivity index (χ2n) is 10.8. The Labute approximate surface area is 204 Å². The molecule has 35 heavy (non-hydrogen) atoms. The Kier molecular flexibility index (Phi) is 6.52. The predicted molar refractivity (Wildman–Crippen MR) is 130 cm³/mol. The summed E-state index contributed by atoms with van der Waals surface area (Å²) in [5.41, 5.74) is -0.189. The average Bonchev–Trinajstić information content (AvgIpc) is 3.29. The number of aromatic nitrogens is 3. The van der Waals surface area contributed by atoms with Gasteiger partial charge in [-0.15, -0.1) is 0 Å². The zero-order chi connectivity index (χ0) is 25.7. The summed E-state index contributed by atoms with van der Waals surface area (Å²) in [4.78, 5) is 40.6. The van der Waals surface area contributed by atoms with Gasteiger partial charge in [-0.2, -0.15) is 4.57 Å². The summed E-state index contributed by atoms with van der Waals surface area (Å²) in [6.45, 7) is 10.7. The van der Waals surface area contributed by atoms with Crippen LogP contribution in [0.4, 0.5) is 0 Å². The molecule has 1 atom stereocenters. The minimum absolute atomic E-state index is 0.0126. The van der Waals surface area contributed by atoms with Crippen molar-refractivity contribution in [2.45, 2.75) is 72.1 Å². The molecule has 190 valence electrons. The molecule has 0 bridgehead atoms. The number of H-pyrrole nitrogens is 1. The molecule has 2 aromatic rings.